The van der Waals surface area contributed by atoms with Crippen LogP contribution in [0.2, 0.25) is 0 Å². The summed E-state index contributed by atoms with van der Waals surface area (Å²) < 4.78 is 56.4. The summed E-state index contributed by atoms with van der Waals surface area (Å²) in [5.41, 5.74) is 2.71. The van der Waals surface area contributed by atoms with Crippen molar-refractivity contribution >= 4 is 21.8 Å². The highest BCUT2D eigenvalue weighted by molar-refractivity contribution is 7.91. The van der Waals surface area contributed by atoms with Crippen LogP contribution in [0.25, 0.3) is 5.76 Å². The van der Waals surface area contributed by atoms with E-state index in [1.807, 2.05) is 60.7 Å². The predicted octanol–water partition coefficient (Wildman–Crippen LogP) is 6.50. The Labute approximate surface area is 249 Å². The Morgan fingerprint density at radius 3 is 2.16 bits per heavy atom. The molecule has 1 atom stereocenters. The first-order chi connectivity index (χ1) is 20.9. The summed E-state index contributed by atoms with van der Waals surface area (Å²) >= 11 is 0. The van der Waals surface area contributed by atoms with E-state index in [9.17, 15) is 13.2 Å². The minimum atomic E-state index is -4.39. The first-order valence-corrected chi connectivity index (χ1v) is 15.0. The normalized spacial score (nSPS) is 16.7. The fourth-order valence-electron chi connectivity index (χ4n) is 5.16. The maximum absolute atomic E-state index is 13.7. The molecule has 0 fully saturated rings. The molecule has 8 nitrogen and oxygen atoms in total. The molecule has 4 aromatic rings. The molecule has 4 aromatic carbocycles. The molecule has 1 unspecified atom stereocenters. The second-order valence-electron chi connectivity index (χ2n) is 9.98. The zero-order valence-corrected chi connectivity index (χ0v) is 24.3. The Morgan fingerprint density at radius 2 is 1.47 bits per heavy atom. The van der Waals surface area contributed by atoms with E-state index in [1.165, 1.54) is 7.11 Å². The van der Waals surface area contributed by atoms with E-state index in [0.717, 1.165) is 11.1 Å². The van der Waals surface area contributed by atoms with Gasteiger partial charge in [-0.3, -0.25) is 0 Å². The molecule has 6 rings (SSSR count). The van der Waals surface area contributed by atoms with Crippen molar-refractivity contribution in [1.29, 1.82) is 0 Å². The average molecular weight is 597 g/mol. The zero-order chi connectivity index (χ0) is 30.0. The number of fused-ring (bicyclic) bond motifs is 2. The van der Waals surface area contributed by atoms with Crippen LogP contribution in [-0.2, 0) is 37.6 Å². The smallest absolute Gasteiger partial charge is 0.340 e. The van der Waals surface area contributed by atoms with E-state index in [0.29, 0.717) is 29.2 Å². The Hall–Kier alpha value is -5.02. The van der Waals surface area contributed by atoms with E-state index in [1.54, 1.807) is 49.4 Å². The van der Waals surface area contributed by atoms with Gasteiger partial charge >= 0.3 is 16.1 Å². The third-order valence-corrected chi connectivity index (χ3v) is 8.56. The first-order valence-electron chi connectivity index (χ1n) is 13.6. The van der Waals surface area contributed by atoms with Gasteiger partial charge in [-0.2, -0.15) is 8.42 Å². The molecule has 43 heavy (non-hydrogen) atoms. The third kappa shape index (κ3) is 5.59. The molecule has 2 aliphatic heterocycles. The standard InChI is InChI=1S/C34H28O8S/c1-22-30(34(35)40-21-24-13-7-4-8-14-24)31(33-32(41-22)26-15-9-10-16-27(26)42-43(33,36)37)25-17-18-28(29(19-25)38-2)39-20-23-11-5-3-6-12-23/h3-19,31H,20-21H2,1-2H3. The van der Waals surface area contributed by atoms with Gasteiger partial charge in [0.05, 0.1) is 24.2 Å². The maximum atomic E-state index is 13.7. The summed E-state index contributed by atoms with van der Waals surface area (Å²) in [6.07, 6.45) is 0. The summed E-state index contributed by atoms with van der Waals surface area (Å²) in [5.74, 6) is -0.531. The van der Waals surface area contributed by atoms with Crippen LogP contribution < -0.4 is 13.7 Å². The van der Waals surface area contributed by atoms with Crippen molar-refractivity contribution in [1.82, 2.24) is 0 Å². The Bertz CT molecular complexity index is 1840. The van der Waals surface area contributed by atoms with E-state index in [4.69, 9.17) is 23.1 Å². The van der Waals surface area contributed by atoms with E-state index in [-0.39, 0.29) is 34.4 Å². The topological polar surface area (TPSA) is 97.4 Å². The minimum absolute atomic E-state index is 0.00323. The molecule has 218 valence electrons. The van der Waals surface area contributed by atoms with Gasteiger partial charge in [-0.05, 0) is 47.9 Å². The van der Waals surface area contributed by atoms with Gasteiger partial charge in [-0.15, -0.1) is 0 Å². The molecule has 2 aliphatic rings. The first kappa shape index (κ1) is 28.1. The van der Waals surface area contributed by atoms with Gasteiger partial charge in [0.15, 0.2) is 23.0 Å². The number of carbonyl (C=O) groups excluding carboxylic acids is 1. The zero-order valence-electron chi connectivity index (χ0n) is 23.5. The largest absolute Gasteiger partial charge is 0.493 e. The van der Waals surface area contributed by atoms with Crippen LogP contribution >= 0.6 is 0 Å². The lowest BCUT2D eigenvalue weighted by molar-refractivity contribution is -0.140. The fourth-order valence-corrected chi connectivity index (χ4v) is 6.55. The number of hydrogen-bond acceptors (Lipinski definition) is 8. The molecule has 0 spiro atoms. The van der Waals surface area contributed by atoms with Crippen LogP contribution in [0.15, 0.2) is 119 Å². The highest BCUT2D eigenvalue weighted by Gasteiger charge is 2.47. The SMILES string of the molecule is COc1cc(C2C(C(=O)OCc3ccccc3)=C(C)OC3=C2S(=O)(=O)Oc2ccccc23)ccc1OCc1ccccc1. The van der Waals surface area contributed by atoms with Crippen LogP contribution in [0.3, 0.4) is 0 Å². The molecule has 9 heteroatoms. The van der Waals surface area contributed by atoms with Gasteiger partial charge in [-0.25, -0.2) is 4.79 Å². The van der Waals surface area contributed by atoms with Crippen LogP contribution in [0.4, 0.5) is 0 Å². The lowest BCUT2D eigenvalue weighted by Gasteiger charge is -2.33. The highest BCUT2D eigenvalue weighted by Crippen LogP contribution is 2.51. The quantitative estimate of drug-likeness (QED) is 0.168. The van der Waals surface area contributed by atoms with E-state index in [2.05, 4.69) is 0 Å². The van der Waals surface area contributed by atoms with Crippen molar-refractivity contribution in [3.63, 3.8) is 0 Å². The van der Waals surface area contributed by atoms with Gasteiger partial charge < -0.3 is 23.1 Å². The summed E-state index contributed by atoms with van der Waals surface area (Å²) in [7, 11) is -2.89. The second-order valence-corrected chi connectivity index (χ2v) is 11.5. The van der Waals surface area contributed by atoms with Gasteiger partial charge in [0.2, 0.25) is 0 Å². The summed E-state index contributed by atoms with van der Waals surface area (Å²) in [6.45, 7) is 1.92. The van der Waals surface area contributed by atoms with E-state index >= 15 is 0 Å². The summed E-state index contributed by atoms with van der Waals surface area (Å²) in [4.78, 5) is 13.5. The lowest BCUT2D eigenvalue weighted by Crippen LogP contribution is -2.31. The third-order valence-electron chi connectivity index (χ3n) is 7.20. The predicted molar refractivity (Wildman–Crippen MR) is 159 cm³/mol. The van der Waals surface area contributed by atoms with Crippen molar-refractivity contribution in [2.75, 3.05) is 7.11 Å². The number of ether oxygens (including phenoxy) is 4. The maximum Gasteiger partial charge on any atom is 0.340 e. The minimum Gasteiger partial charge on any atom is -0.493 e. The molecule has 0 saturated carbocycles. The summed E-state index contributed by atoms with van der Waals surface area (Å²) in [6, 6.07) is 30.6. The molecule has 0 amide bonds. The fraction of sp³-hybridized carbons (Fsp3) is 0.147. The van der Waals surface area contributed by atoms with Gasteiger partial charge in [0.1, 0.15) is 23.9 Å². The second kappa shape index (κ2) is 11.7. The van der Waals surface area contributed by atoms with Crippen LogP contribution in [0.1, 0.15) is 35.1 Å². The van der Waals surface area contributed by atoms with Crippen molar-refractivity contribution < 1.29 is 36.3 Å². The van der Waals surface area contributed by atoms with Crippen molar-refractivity contribution in [3.05, 3.63) is 142 Å². The molecule has 0 radical (unpaired) electrons. The number of allylic oxidation sites excluding steroid dienone is 2. The molecule has 0 aromatic heterocycles. The molecule has 0 saturated heterocycles. The lowest BCUT2D eigenvalue weighted by atomic mass is 9.86. The molecular formula is C34H28O8S. The number of esters is 1. The van der Waals surface area contributed by atoms with Gasteiger partial charge in [-0.1, -0.05) is 78.9 Å². The Kier molecular flexibility index (Phi) is 7.65. The molecular weight excluding hydrogens is 568 g/mol. The van der Waals surface area contributed by atoms with Crippen molar-refractivity contribution in [3.8, 4) is 17.2 Å². The van der Waals surface area contributed by atoms with Crippen molar-refractivity contribution in [2.45, 2.75) is 26.1 Å². The Morgan fingerprint density at radius 1 is 0.814 bits per heavy atom. The monoisotopic (exact) mass is 596 g/mol. The molecule has 0 N–H and O–H groups in total. The number of methoxy groups -OCH3 is 1. The number of benzene rings is 4. The van der Waals surface area contributed by atoms with Crippen LogP contribution in [-0.4, -0.2) is 21.5 Å². The molecule has 2 heterocycles. The Balaban J connectivity index is 1.43. The molecule has 0 bridgehead atoms. The van der Waals surface area contributed by atoms with Crippen LogP contribution in [0.5, 0.6) is 17.2 Å². The van der Waals surface area contributed by atoms with E-state index < -0.39 is 22.0 Å². The van der Waals surface area contributed by atoms with Crippen LogP contribution in [0, 0.1) is 0 Å². The van der Waals surface area contributed by atoms with Crippen molar-refractivity contribution in [2.24, 2.45) is 0 Å². The number of hydrogen-bond donors (Lipinski definition) is 0. The van der Waals surface area contributed by atoms with Gasteiger partial charge in [0, 0.05) is 0 Å². The number of rotatable bonds is 8. The van der Waals surface area contributed by atoms with Gasteiger partial charge in [0.25, 0.3) is 0 Å². The molecule has 0 aliphatic carbocycles. The average Bonchev–Trinajstić information content (AvgIpc) is 3.02. The number of para-hydroxylation sites is 1. The number of carbonyl (C=O) groups is 1. The summed E-state index contributed by atoms with van der Waals surface area (Å²) in [5, 5.41) is 0. The highest BCUT2D eigenvalue weighted by atomic mass is 32.2.